The van der Waals surface area contributed by atoms with E-state index < -0.39 is 0 Å². The minimum atomic E-state index is -0.209. The van der Waals surface area contributed by atoms with Crippen LogP contribution < -0.4 is 5.32 Å². The molecule has 1 N–H and O–H groups in total. The number of amidine groups is 1. The van der Waals surface area contributed by atoms with Crippen molar-refractivity contribution in [1.82, 2.24) is 0 Å². The van der Waals surface area contributed by atoms with Gasteiger partial charge in [0.05, 0.1) is 5.69 Å². The third-order valence-corrected chi connectivity index (χ3v) is 2.37. The highest BCUT2D eigenvalue weighted by Gasteiger charge is 2.10. The molecule has 1 aliphatic heterocycles. The maximum absolute atomic E-state index is 13.4. The van der Waals surface area contributed by atoms with Crippen molar-refractivity contribution in [3.8, 4) is 0 Å². The van der Waals surface area contributed by atoms with E-state index in [-0.39, 0.29) is 5.82 Å². The number of halogens is 1. The summed E-state index contributed by atoms with van der Waals surface area (Å²) in [6.45, 7) is 2.75. The van der Waals surface area contributed by atoms with Gasteiger partial charge in [0.1, 0.15) is 11.7 Å². The van der Waals surface area contributed by atoms with E-state index in [4.69, 9.17) is 0 Å². The van der Waals surface area contributed by atoms with Crippen LogP contribution in [-0.4, -0.2) is 12.4 Å². The quantitative estimate of drug-likeness (QED) is 0.727. The zero-order valence-corrected chi connectivity index (χ0v) is 8.18. The predicted molar refractivity (Wildman–Crippen MR) is 56.3 cm³/mol. The summed E-state index contributed by atoms with van der Waals surface area (Å²) in [5, 5.41) is 3.05. The van der Waals surface area contributed by atoms with Crippen LogP contribution in [0, 0.1) is 12.7 Å². The van der Waals surface area contributed by atoms with E-state index in [9.17, 15) is 4.39 Å². The first-order chi connectivity index (χ1) is 6.77. The molecule has 1 aliphatic rings. The van der Waals surface area contributed by atoms with E-state index in [0.717, 1.165) is 30.8 Å². The number of para-hydroxylation sites is 1. The molecule has 1 heterocycles. The molecule has 74 valence electrons. The molecule has 1 aromatic rings. The summed E-state index contributed by atoms with van der Waals surface area (Å²) < 4.78 is 13.4. The van der Waals surface area contributed by atoms with E-state index in [2.05, 4.69) is 10.3 Å². The normalized spacial score (nSPS) is 15.4. The van der Waals surface area contributed by atoms with Crippen LogP contribution in [0.25, 0.3) is 0 Å². The zero-order chi connectivity index (χ0) is 9.97. The van der Waals surface area contributed by atoms with Crippen molar-refractivity contribution in [3.05, 3.63) is 29.6 Å². The number of nitrogens with one attached hydrogen (secondary N) is 1. The van der Waals surface area contributed by atoms with Crippen molar-refractivity contribution in [2.75, 3.05) is 11.9 Å². The summed E-state index contributed by atoms with van der Waals surface area (Å²) in [5.41, 5.74) is 1.48. The molecular formula is C11H13FN2. The third kappa shape index (κ3) is 1.76. The number of rotatable bonds is 1. The molecule has 0 spiro atoms. The monoisotopic (exact) mass is 192 g/mol. The summed E-state index contributed by atoms with van der Waals surface area (Å²) in [7, 11) is 0. The smallest absolute Gasteiger partial charge is 0.146 e. The molecule has 0 radical (unpaired) electrons. The molecule has 0 saturated carbocycles. The van der Waals surface area contributed by atoms with Crippen LogP contribution in [0.5, 0.6) is 0 Å². The van der Waals surface area contributed by atoms with E-state index in [1.807, 2.05) is 13.0 Å². The van der Waals surface area contributed by atoms with Gasteiger partial charge in [0.15, 0.2) is 0 Å². The average molecular weight is 192 g/mol. The van der Waals surface area contributed by atoms with Crippen molar-refractivity contribution in [2.45, 2.75) is 19.8 Å². The summed E-state index contributed by atoms with van der Waals surface area (Å²) >= 11 is 0. The van der Waals surface area contributed by atoms with Gasteiger partial charge >= 0.3 is 0 Å². The molecule has 3 heteroatoms. The van der Waals surface area contributed by atoms with E-state index in [1.54, 1.807) is 6.07 Å². The largest absolute Gasteiger partial charge is 0.341 e. The summed E-state index contributed by atoms with van der Waals surface area (Å²) in [4.78, 5) is 4.25. The fourth-order valence-electron chi connectivity index (χ4n) is 1.58. The Balaban J connectivity index is 2.23. The second-order valence-electron chi connectivity index (χ2n) is 3.49. The van der Waals surface area contributed by atoms with Gasteiger partial charge in [-0.2, -0.15) is 0 Å². The van der Waals surface area contributed by atoms with Crippen LogP contribution in [0.1, 0.15) is 18.4 Å². The fourth-order valence-corrected chi connectivity index (χ4v) is 1.58. The molecule has 0 bridgehead atoms. The molecule has 0 saturated heterocycles. The van der Waals surface area contributed by atoms with Gasteiger partial charge in [0.25, 0.3) is 0 Å². The maximum Gasteiger partial charge on any atom is 0.146 e. The number of aliphatic imine (C=N–C) groups is 1. The highest BCUT2D eigenvalue weighted by atomic mass is 19.1. The van der Waals surface area contributed by atoms with E-state index >= 15 is 0 Å². The van der Waals surface area contributed by atoms with Crippen molar-refractivity contribution >= 4 is 11.5 Å². The lowest BCUT2D eigenvalue weighted by Crippen LogP contribution is -2.10. The van der Waals surface area contributed by atoms with Crippen LogP contribution in [0.3, 0.4) is 0 Å². The van der Waals surface area contributed by atoms with Gasteiger partial charge in [0.2, 0.25) is 0 Å². The number of hydrogen-bond acceptors (Lipinski definition) is 2. The first-order valence-electron chi connectivity index (χ1n) is 4.83. The molecule has 0 aliphatic carbocycles. The molecule has 1 aromatic carbocycles. The minimum Gasteiger partial charge on any atom is -0.341 e. The highest BCUT2D eigenvalue weighted by molar-refractivity contribution is 5.97. The van der Waals surface area contributed by atoms with Gasteiger partial charge in [-0.3, -0.25) is 4.99 Å². The van der Waals surface area contributed by atoms with Gasteiger partial charge in [-0.15, -0.1) is 0 Å². The lowest BCUT2D eigenvalue weighted by Gasteiger charge is -2.09. The Bertz CT molecular complexity index is 351. The second kappa shape index (κ2) is 3.78. The standard InChI is InChI=1S/C11H13FN2/c1-8-4-2-5-9(12)11(8)14-10-6-3-7-13-10/h2,4-5H,3,6-7H2,1H3,(H,13,14). The zero-order valence-electron chi connectivity index (χ0n) is 8.18. The summed E-state index contributed by atoms with van der Waals surface area (Å²) in [6.07, 6.45) is 1.99. The summed E-state index contributed by atoms with van der Waals surface area (Å²) in [6, 6.07) is 5.07. The molecule has 0 atom stereocenters. The lowest BCUT2D eigenvalue weighted by atomic mass is 10.2. The molecule has 0 amide bonds. The van der Waals surface area contributed by atoms with Gasteiger partial charge in [0, 0.05) is 13.0 Å². The third-order valence-electron chi connectivity index (χ3n) is 2.37. The Morgan fingerprint density at radius 3 is 2.93 bits per heavy atom. The van der Waals surface area contributed by atoms with Crippen LogP contribution in [0.15, 0.2) is 23.2 Å². The second-order valence-corrected chi connectivity index (χ2v) is 3.49. The number of aryl methyl sites for hydroxylation is 1. The van der Waals surface area contributed by atoms with Crippen molar-refractivity contribution in [1.29, 1.82) is 0 Å². The predicted octanol–water partition coefficient (Wildman–Crippen LogP) is 2.74. The molecule has 2 nitrogen and oxygen atoms in total. The summed E-state index contributed by atoms with van der Waals surface area (Å²) in [5.74, 6) is 0.692. The Labute approximate surface area is 82.9 Å². The highest BCUT2D eigenvalue weighted by Crippen LogP contribution is 2.20. The van der Waals surface area contributed by atoms with Crippen molar-refractivity contribution in [2.24, 2.45) is 4.99 Å². The van der Waals surface area contributed by atoms with E-state index in [1.165, 1.54) is 6.07 Å². The minimum absolute atomic E-state index is 0.209. The molecular weight excluding hydrogens is 179 g/mol. The maximum atomic E-state index is 13.4. The topological polar surface area (TPSA) is 24.4 Å². The van der Waals surface area contributed by atoms with Gasteiger partial charge in [-0.05, 0) is 25.0 Å². The van der Waals surface area contributed by atoms with Gasteiger partial charge < -0.3 is 5.32 Å². The first-order valence-corrected chi connectivity index (χ1v) is 4.83. The van der Waals surface area contributed by atoms with Gasteiger partial charge in [-0.1, -0.05) is 12.1 Å². The Hall–Kier alpha value is -1.38. The fraction of sp³-hybridized carbons (Fsp3) is 0.364. The number of benzene rings is 1. The van der Waals surface area contributed by atoms with Crippen LogP contribution >= 0.6 is 0 Å². The molecule has 14 heavy (non-hydrogen) atoms. The Morgan fingerprint density at radius 2 is 2.29 bits per heavy atom. The van der Waals surface area contributed by atoms with Crippen LogP contribution in [0.4, 0.5) is 10.1 Å². The first kappa shape index (κ1) is 9.19. The number of nitrogens with zero attached hydrogens (tertiary/aromatic N) is 1. The Kier molecular flexibility index (Phi) is 2.48. The van der Waals surface area contributed by atoms with Crippen LogP contribution in [-0.2, 0) is 0 Å². The average Bonchev–Trinajstić information content (AvgIpc) is 2.64. The van der Waals surface area contributed by atoms with Crippen molar-refractivity contribution in [3.63, 3.8) is 0 Å². The molecule has 2 rings (SSSR count). The van der Waals surface area contributed by atoms with E-state index in [0.29, 0.717) is 5.69 Å². The Morgan fingerprint density at radius 1 is 1.43 bits per heavy atom. The SMILES string of the molecule is Cc1cccc(F)c1NC1=NCCC1. The molecule has 0 unspecified atom stereocenters. The molecule has 0 fully saturated rings. The van der Waals surface area contributed by atoms with Gasteiger partial charge in [-0.25, -0.2) is 4.39 Å². The number of hydrogen-bond donors (Lipinski definition) is 1. The number of anilines is 1. The van der Waals surface area contributed by atoms with Crippen LogP contribution in [0.2, 0.25) is 0 Å². The molecule has 0 aromatic heterocycles. The lowest BCUT2D eigenvalue weighted by molar-refractivity contribution is 0.631. The van der Waals surface area contributed by atoms with Crippen molar-refractivity contribution < 1.29 is 4.39 Å².